The number of benzene rings is 1. The lowest BCUT2D eigenvalue weighted by molar-refractivity contribution is -0.128. The number of fused-ring (bicyclic) bond motifs is 1. The number of nitrogens with zero attached hydrogens (tertiary/aromatic N) is 7. The molecule has 224 valence electrons. The molecule has 5 rings (SSSR count). The van der Waals surface area contributed by atoms with Crippen molar-refractivity contribution in [1.29, 1.82) is 5.26 Å². The van der Waals surface area contributed by atoms with E-state index in [2.05, 4.69) is 36.5 Å². The second-order valence-electron chi connectivity index (χ2n) is 11.9. The molecule has 3 aliphatic rings. The minimum Gasteiger partial charge on any atom is -0.463 e. The molecule has 0 bridgehead atoms. The molecule has 0 N–H and O–H groups in total. The van der Waals surface area contributed by atoms with Crippen molar-refractivity contribution in [3.05, 3.63) is 53.7 Å². The highest BCUT2D eigenvalue weighted by molar-refractivity contribution is 5.87. The third kappa shape index (κ3) is 6.19. The van der Waals surface area contributed by atoms with Gasteiger partial charge in [0.15, 0.2) is 0 Å². The smallest absolute Gasteiger partial charge is 0.318 e. The molecule has 42 heavy (non-hydrogen) atoms. The van der Waals surface area contributed by atoms with E-state index < -0.39 is 11.6 Å². The molecule has 0 spiro atoms. The molecular formula is C31H39F2N7O2. The maximum absolute atomic E-state index is 14.8. The Kier molecular flexibility index (Phi) is 8.92. The molecule has 1 atom stereocenters. The molecular weight excluding hydrogens is 540 g/mol. The first-order valence-corrected chi connectivity index (χ1v) is 14.6. The number of carbonyl (C=O) groups excluding carboxylic acids is 1. The van der Waals surface area contributed by atoms with Crippen LogP contribution in [0.3, 0.4) is 0 Å². The Balaban J connectivity index is 1.50. The lowest BCUT2D eigenvalue weighted by Gasteiger charge is -2.43. The van der Waals surface area contributed by atoms with Crippen LogP contribution in [-0.4, -0.2) is 85.1 Å². The summed E-state index contributed by atoms with van der Waals surface area (Å²) in [6.45, 7) is 7.02. The van der Waals surface area contributed by atoms with Gasteiger partial charge in [0.2, 0.25) is 5.91 Å². The third-order valence-corrected chi connectivity index (χ3v) is 8.64. The van der Waals surface area contributed by atoms with Gasteiger partial charge in [0, 0.05) is 43.7 Å². The highest BCUT2D eigenvalue weighted by atomic mass is 19.1. The van der Waals surface area contributed by atoms with Crippen molar-refractivity contribution < 1.29 is 18.3 Å². The molecule has 1 aromatic heterocycles. The Morgan fingerprint density at radius 2 is 1.95 bits per heavy atom. The zero-order chi connectivity index (χ0) is 29.9. The van der Waals surface area contributed by atoms with Crippen molar-refractivity contribution in [3.63, 3.8) is 0 Å². The Morgan fingerprint density at radius 3 is 2.60 bits per heavy atom. The fourth-order valence-electron chi connectivity index (χ4n) is 6.55. The molecule has 2 fully saturated rings. The summed E-state index contributed by atoms with van der Waals surface area (Å²) in [7, 11) is 4.11. The summed E-state index contributed by atoms with van der Waals surface area (Å²) in [5.41, 5.74) is 1.56. The van der Waals surface area contributed by atoms with Crippen LogP contribution >= 0.6 is 0 Å². The molecule has 1 saturated heterocycles. The second-order valence-corrected chi connectivity index (χ2v) is 11.9. The summed E-state index contributed by atoms with van der Waals surface area (Å²) in [6.07, 6.45) is 6.03. The van der Waals surface area contributed by atoms with Gasteiger partial charge >= 0.3 is 6.01 Å². The zero-order valence-corrected chi connectivity index (χ0v) is 24.5. The average Bonchev–Trinajstić information content (AvgIpc) is 3.16. The molecule has 9 nitrogen and oxygen atoms in total. The van der Waals surface area contributed by atoms with E-state index >= 15 is 0 Å². The van der Waals surface area contributed by atoms with Gasteiger partial charge in [0.1, 0.15) is 23.1 Å². The predicted octanol–water partition coefficient (Wildman–Crippen LogP) is 3.94. The van der Waals surface area contributed by atoms with Gasteiger partial charge in [-0.25, -0.2) is 8.78 Å². The number of aromatic nitrogens is 2. The fraction of sp³-hybridized carbons (Fsp3) is 0.548. The van der Waals surface area contributed by atoms with E-state index in [1.54, 1.807) is 9.80 Å². The van der Waals surface area contributed by atoms with Crippen LogP contribution in [0.4, 0.5) is 20.3 Å². The lowest BCUT2D eigenvalue weighted by atomic mass is 9.69. The summed E-state index contributed by atoms with van der Waals surface area (Å²) < 4.78 is 36.0. The van der Waals surface area contributed by atoms with Gasteiger partial charge in [-0.3, -0.25) is 4.79 Å². The minimum atomic E-state index is -0.609. The van der Waals surface area contributed by atoms with Crippen LogP contribution in [0.5, 0.6) is 6.01 Å². The number of para-hydroxylation sites is 1. The van der Waals surface area contributed by atoms with E-state index in [1.165, 1.54) is 24.3 Å². The lowest BCUT2D eigenvalue weighted by Crippen LogP contribution is -2.55. The fourth-order valence-corrected chi connectivity index (χ4v) is 6.55. The number of anilines is 2. The first kappa shape index (κ1) is 29.7. The average molecular weight is 580 g/mol. The molecule has 3 heterocycles. The number of hydrogen-bond donors (Lipinski definition) is 0. The first-order chi connectivity index (χ1) is 20.2. The van der Waals surface area contributed by atoms with Crippen molar-refractivity contribution >= 4 is 17.4 Å². The van der Waals surface area contributed by atoms with Crippen LogP contribution in [0, 0.1) is 28.4 Å². The summed E-state index contributed by atoms with van der Waals surface area (Å²) >= 11 is 0. The summed E-state index contributed by atoms with van der Waals surface area (Å²) in [5, 5.41) is 9.49. The molecule has 0 radical (unpaired) electrons. The number of piperazine rings is 1. The Hall–Kier alpha value is -3.78. The van der Waals surface area contributed by atoms with Gasteiger partial charge in [-0.1, -0.05) is 19.1 Å². The largest absolute Gasteiger partial charge is 0.463 e. The van der Waals surface area contributed by atoms with Gasteiger partial charge in [0.05, 0.1) is 37.4 Å². The monoisotopic (exact) mass is 579 g/mol. The summed E-state index contributed by atoms with van der Waals surface area (Å²) in [6, 6.07) is 6.03. The van der Waals surface area contributed by atoms with Crippen molar-refractivity contribution in [2.24, 2.45) is 5.41 Å². The van der Waals surface area contributed by atoms with Crippen molar-refractivity contribution in [1.82, 2.24) is 19.8 Å². The summed E-state index contributed by atoms with van der Waals surface area (Å²) in [4.78, 5) is 29.9. The highest BCUT2D eigenvalue weighted by Crippen LogP contribution is 2.42. The summed E-state index contributed by atoms with van der Waals surface area (Å²) in [5.74, 6) is -0.714. The van der Waals surface area contributed by atoms with Crippen molar-refractivity contribution in [2.75, 3.05) is 63.2 Å². The normalized spacial score (nSPS) is 19.9. The molecule has 0 unspecified atom stereocenters. The Morgan fingerprint density at radius 1 is 1.19 bits per heavy atom. The van der Waals surface area contributed by atoms with E-state index in [4.69, 9.17) is 14.7 Å². The van der Waals surface area contributed by atoms with Crippen LogP contribution in [0.1, 0.15) is 43.4 Å². The number of amides is 1. The maximum Gasteiger partial charge on any atom is 0.318 e. The number of carbonyl (C=O) groups is 1. The van der Waals surface area contributed by atoms with Gasteiger partial charge < -0.3 is 24.3 Å². The highest BCUT2D eigenvalue weighted by Gasteiger charge is 2.39. The van der Waals surface area contributed by atoms with Gasteiger partial charge in [-0.15, -0.1) is 0 Å². The van der Waals surface area contributed by atoms with Gasteiger partial charge in [0.25, 0.3) is 0 Å². The SMILES string of the molecule is C=CC(=O)N1CCN(c2nc(OCC3(CN(C)C)CCC3)nc3c2CCCN(c2c(F)cccc2F)C3)C[C@@H]1CC#N. The number of halogens is 2. The molecule has 1 saturated carbocycles. The first-order valence-electron chi connectivity index (χ1n) is 14.6. The van der Waals surface area contributed by atoms with Crippen LogP contribution < -0.4 is 14.5 Å². The second kappa shape index (κ2) is 12.6. The molecule has 2 aliphatic heterocycles. The van der Waals surface area contributed by atoms with Gasteiger partial charge in [-0.05, 0) is 58.0 Å². The molecule has 1 aliphatic carbocycles. The van der Waals surface area contributed by atoms with Crippen LogP contribution in [0.2, 0.25) is 0 Å². The number of nitriles is 1. The minimum absolute atomic E-state index is 0.0384. The van der Waals surface area contributed by atoms with Crippen molar-refractivity contribution in [3.8, 4) is 12.1 Å². The third-order valence-electron chi connectivity index (χ3n) is 8.64. The predicted molar refractivity (Wildman–Crippen MR) is 156 cm³/mol. The quantitative estimate of drug-likeness (QED) is 0.413. The Bertz CT molecular complexity index is 1340. The molecule has 1 amide bonds. The van der Waals surface area contributed by atoms with E-state index in [-0.39, 0.29) is 42.0 Å². The van der Waals surface area contributed by atoms with Crippen LogP contribution in [-0.2, 0) is 17.8 Å². The van der Waals surface area contributed by atoms with Crippen molar-refractivity contribution in [2.45, 2.75) is 51.1 Å². The van der Waals surface area contributed by atoms with Gasteiger partial charge in [-0.2, -0.15) is 15.2 Å². The molecule has 2 aromatic rings. The zero-order valence-electron chi connectivity index (χ0n) is 24.5. The van der Waals surface area contributed by atoms with E-state index in [1.807, 2.05) is 0 Å². The van der Waals surface area contributed by atoms with Crippen LogP contribution in [0.25, 0.3) is 0 Å². The van der Waals surface area contributed by atoms with E-state index in [0.717, 1.165) is 31.4 Å². The number of rotatable bonds is 9. The van der Waals surface area contributed by atoms with E-state index in [9.17, 15) is 18.8 Å². The van der Waals surface area contributed by atoms with Crippen LogP contribution in [0.15, 0.2) is 30.9 Å². The molecule has 11 heteroatoms. The Labute approximate surface area is 246 Å². The maximum atomic E-state index is 14.8. The van der Waals surface area contributed by atoms with E-state index in [0.29, 0.717) is 57.1 Å². The topological polar surface area (TPSA) is 88.8 Å². The standard InChI is InChI=1S/C31H39F2N7O2/c1-4-27(41)40-17-16-39(18-22(40)11-14-34)29-23-8-6-15-38(28-24(32)9-5-10-25(28)33)19-26(23)35-30(36-29)42-21-31(12-7-13-31)20-37(2)3/h4-5,9-10,22H,1,6-8,11-13,15-21H2,2-3H3/t22-/m0/s1. The number of ether oxygens (including phenoxy) is 1. The number of hydrogen-bond acceptors (Lipinski definition) is 8. The molecule has 1 aromatic carbocycles.